The summed E-state index contributed by atoms with van der Waals surface area (Å²) in [4.78, 5) is 0. The van der Waals surface area contributed by atoms with Gasteiger partial charge in [0.05, 0.1) is 19.8 Å². The van der Waals surface area contributed by atoms with E-state index >= 15 is 0 Å². The molecule has 1 saturated heterocycles. The molecule has 2 rings (SSSR count). The van der Waals surface area contributed by atoms with E-state index in [-0.39, 0.29) is 0 Å². The second kappa shape index (κ2) is 4.58. The number of aryl methyl sites for hydroxylation is 1. The summed E-state index contributed by atoms with van der Waals surface area (Å²) in [6.45, 7) is 4.49. The van der Waals surface area contributed by atoms with Gasteiger partial charge < -0.3 is 9.47 Å². The molecule has 76 valence electrons. The minimum absolute atomic E-state index is 0.365. The Kier molecular flexibility index (Phi) is 3.17. The third kappa shape index (κ3) is 2.56. The van der Waals surface area contributed by atoms with Gasteiger partial charge in [-0.25, -0.2) is 0 Å². The second-order valence-corrected chi connectivity index (χ2v) is 3.59. The van der Waals surface area contributed by atoms with E-state index in [0.717, 1.165) is 19.6 Å². The van der Waals surface area contributed by atoms with E-state index in [1.54, 1.807) is 0 Å². The van der Waals surface area contributed by atoms with Crippen molar-refractivity contribution in [1.29, 1.82) is 0 Å². The van der Waals surface area contributed by atoms with Gasteiger partial charge in [-0.15, -0.1) is 0 Å². The Hall–Kier alpha value is -0.860. The largest absolute Gasteiger partial charge is 0.374 e. The zero-order valence-electron chi connectivity index (χ0n) is 8.53. The molecular weight excluding hydrogens is 176 g/mol. The topological polar surface area (TPSA) is 21.8 Å². The molecule has 1 fully saturated rings. The van der Waals surface area contributed by atoms with Gasteiger partial charge in [0.1, 0.15) is 6.10 Å². The fourth-order valence-corrected chi connectivity index (χ4v) is 1.51. The monoisotopic (exact) mass is 192 g/mol. The van der Waals surface area contributed by atoms with Crippen molar-refractivity contribution < 1.29 is 9.47 Å². The lowest BCUT2D eigenvalue weighted by Gasteiger charge is -2.07. The van der Waals surface area contributed by atoms with E-state index in [1.165, 1.54) is 11.1 Å². The van der Waals surface area contributed by atoms with Crippen LogP contribution in [0.25, 0.3) is 0 Å². The summed E-state index contributed by atoms with van der Waals surface area (Å²) in [7, 11) is 0. The Morgan fingerprint density at radius 1 is 1.36 bits per heavy atom. The normalized spacial score (nSPS) is 19.6. The number of rotatable bonds is 5. The fourth-order valence-electron chi connectivity index (χ4n) is 1.51. The van der Waals surface area contributed by atoms with Gasteiger partial charge >= 0.3 is 0 Å². The fraction of sp³-hybridized carbons (Fsp3) is 0.500. The van der Waals surface area contributed by atoms with Gasteiger partial charge in [-0.1, -0.05) is 31.2 Å². The summed E-state index contributed by atoms with van der Waals surface area (Å²) in [5.74, 6) is 0. The van der Waals surface area contributed by atoms with E-state index in [2.05, 4.69) is 31.2 Å². The maximum absolute atomic E-state index is 5.56. The Bertz CT molecular complexity index is 292. The molecule has 1 aliphatic rings. The molecule has 0 N–H and O–H groups in total. The third-order valence-corrected chi connectivity index (χ3v) is 2.46. The van der Waals surface area contributed by atoms with Crippen molar-refractivity contribution in [2.24, 2.45) is 0 Å². The minimum Gasteiger partial charge on any atom is -0.374 e. The van der Waals surface area contributed by atoms with Crippen LogP contribution in [0.2, 0.25) is 0 Å². The van der Waals surface area contributed by atoms with Crippen LogP contribution in [0.5, 0.6) is 0 Å². The first-order chi connectivity index (χ1) is 6.90. The SMILES string of the molecule is CCc1ccccc1COC[C@H]1CO1. The molecule has 1 heterocycles. The van der Waals surface area contributed by atoms with Crippen LogP contribution in [-0.2, 0) is 22.5 Å². The highest BCUT2D eigenvalue weighted by Crippen LogP contribution is 2.13. The number of ether oxygens (including phenoxy) is 2. The van der Waals surface area contributed by atoms with Crippen molar-refractivity contribution in [3.8, 4) is 0 Å². The molecule has 0 aromatic heterocycles. The van der Waals surface area contributed by atoms with Gasteiger partial charge in [-0.05, 0) is 17.5 Å². The summed E-state index contributed by atoms with van der Waals surface area (Å²) in [5.41, 5.74) is 2.68. The summed E-state index contributed by atoms with van der Waals surface area (Å²) >= 11 is 0. The van der Waals surface area contributed by atoms with Crippen molar-refractivity contribution in [2.75, 3.05) is 13.2 Å². The molecule has 0 saturated carbocycles. The van der Waals surface area contributed by atoms with Gasteiger partial charge in [0.25, 0.3) is 0 Å². The molecule has 0 amide bonds. The zero-order chi connectivity index (χ0) is 9.80. The molecule has 0 spiro atoms. The smallest absolute Gasteiger partial charge is 0.104 e. The third-order valence-electron chi connectivity index (χ3n) is 2.46. The number of benzene rings is 1. The molecule has 0 bridgehead atoms. The molecule has 14 heavy (non-hydrogen) atoms. The first-order valence-corrected chi connectivity index (χ1v) is 5.16. The van der Waals surface area contributed by atoms with E-state index < -0.39 is 0 Å². The lowest BCUT2D eigenvalue weighted by Crippen LogP contribution is -2.03. The Balaban J connectivity index is 1.86. The maximum atomic E-state index is 5.56. The first kappa shape index (κ1) is 9.69. The van der Waals surface area contributed by atoms with E-state index in [4.69, 9.17) is 9.47 Å². The Morgan fingerprint density at radius 2 is 2.07 bits per heavy atom. The van der Waals surface area contributed by atoms with Crippen molar-refractivity contribution in [2.45, 2.75) is 26.1 Å². The van der Waals surface area contributed by atoms with E-state index in [0.29, 0.717) is 12.7 Å². The summed E-state index contributed by atoms with van der Waals surface area (Å²) < 4.78 is 10.6. The van der Waals surface area contributed by atoms with Crippen LogP contribution in [-0.4, -0.2) is 19.3 Å². The summed E-state index contributed by atoms with van der Waals surface area (Å²) in [6, 6.07) is 8.43. The highest BCUT2D eigenvalue weighted by Gasteiger charge is 2.22. The van der Waals surface area contributed by atoms with Crippen LogP contribution in [0.1, 0.15) is 18.1 Å². The van der Waals surface area contributed by atoms with Gasteiger partial charge in [0.15, 0.2) is 0 Å². The molecule has 0 radical (unpaired) electrons. The highest BCUT2D eigenvalue weighted by atomic mass is 16.6. The zero-order valence-corrected chi connectivity index (χ0v) is 8.53. The van der Waals surface area contributed by atoms with Crippen LogP contribution in [0, 0.1) is 0 Å². The van der Waals surface area contributed by atoms with E-state index in [9.17, 15) is 0 Å². The van der Waals surface area contributed by atoms with Gasteiger partial charge in [-0.3, -0.25) is 0 Å². The number of hydrogen-bond donors (Lipinski definition) is 0. The molecule has 2 heteroatoms. The van der Waals surface area contributed by atoms with Gasteiger partial charge in [-0.2, -0.15) is 0 Å². The standard InChI is InChI=1S/C12H16O2/c1-2-10-5-3-4-6-11(10)7-13-8-12-9-14-12/h3-6,12H,2,7-9H2,1H3/t12-/m0/s1. The molecule has 0 unspecified atom stereocenters. The average molecular weight is 192 g/mol. The second-order valence-electron chi connectivity index (χ2n) is 3.59. The lowest BCUT2D eigenvalue weighted by atomic mass is 10.1. The van der Waals surface area contributed by atoms with Gasteiger partial charge in [0.2, 0.25) is 0 Å². The molecule has 1 aromatic rings. The van der Waals surface area contributed by atoms with Crippen LogP contribution in [0.15, 0.2) is 24.3 Å². The molecule has 0 aliphatic carbocycles. The predicted molar refractivity (Wildman–Crippen MR) is 55.2 cm³/mol. The van der Waals surface area contributed by atoms with Crippen LogP contribution < -0.4 is 0 Å². The van der Waals surface area contributed by atoms with Gasteiger partial charge in [0, 0.05) is 0 Å². The minimum atomic E-state index is 0.365. The van der Waals surface area contributed by atoms with E-state index in [1.807, 2.05) is 0 Å². The Labute approximate surface area is 84.8 Å². The maximum Gasteiger partial charge on any atom is 0.104 e. The number of epoxide rings is 1. The van der Waals surface area contributed by atoms with Crippen LogP contribution in [0.4, 0.5) is 0 Å². The molecule has 2 nitrogen and oxygen atoms in total. The molecule has 1 aromatic carbocycles. The van der Waals surface area contributed by atoms with Crippen molar-refractivity contribution in [3.63, 3.8) is 0 Å². The van der Waals surface area contributed by atoms with Crippen LogP contribution >= 0.6 is 0 Å². The molecular formula is C12H16O2. The average Bonchev–Trinajstić information content (AvgIpc) is 3.03. The summed E-state index contributed by atoms with van der Waals surface area (Å²) in [6.07, 6.45) is 1.43. The van der Waals surface area contributed by atoms with Crippen molar-refractivity contribution in [1.82, 2.24) is 0 Å². The Morgan fingerprint density at radius 3 is 2.71 bits per heavy atom. The lowest BCUT2D eigenvalue weighted by molar-refractivity contribution is 0.103. The quantitative estimate of drug-likeness (QED) is 0.667. The molecule has 1 atom stereocenters. The molecule has 1 aliphatic heterocycles. The van der Waals surface area contributed by atoms with Crippen LogP contribution in [0.3, 0.4) is 0 Å². The predicted octanol–water partition coefficient (Wildman–Crippen LogP) is 2.16. The summed E-state index contributed by atoms with van der Waals surface area (Å²) in [5, 5.41) is 0. The highest BCUT2D eigenvalue weighted by molar-refractivity contribution is 5.26. The number of hydrogen-bond acceptors (Lipinski definition) is 2. The van der Waals surface area contributed by atoms with Crippen molar-refractivity contribution in [3.05, 3.63) is 35.4 Å². The van der Waals surface area contributed by atoms with Crippen molar-refractivity contribution >= 4 is 0 Å². The first-order valence-electron chi connectivity index (χ1n) is 5.16.